The molecular weight excluding hydrogens is 336 g/mol. The number of benzene rings is 2. The van der Waals surface area contributed by atoms with Crippen molar-refractivity contribution >= 4 is 5.91 Å². The Kier molecular flexibility index (Phi) is 5.85. The molecule has 0 saturated carbocycles. The van der Waals surface area contributed by atoms with Crippen LogP contribution in [-0.4, -0.2) is 47.0 Å². The quantitative estimate of drug-likeness (QED) is 0.886. The first-order chi connectivity index (χ1) is 12.8. The first-order valence-electron chi connectivity index (χ1n) is 9.76. The average molecular weight is 367 g/mol. The summed E-state index contributed by atoms with van der Waals surface area (Å²) in [5.74, 6) is 0.945. The molecule has 1 saturated heterocycles. The molecule has 0 aliphatic carbocycles. The van der Waals surface area contributed by atoms with E-state index in [1.165, 1.54) is 11.1 Å². The predicted octanol–water partition coefficient (Wildman–Crippen LogP) is 4.09. The van der Waals surface area contributed by atoms with Gasteiger partial charge in [-0.05, 0) is 54.7 Å². The Morgan fingerprint density at radius 1 is 1.00 bits per heavy atom. The van der Waals surface area contributed by atoms with Gasteiger partial charge in [0.05, 0.1) is 0 Å². The third-order valence-corrected chi connectivity index (χ3v) is 5.57. The summed E-state index contributed by atoms with van der Waals surface area (Å²) < 4.78 is 0. The molecule has 2 aromatic carbocycles. The minimum atomic E-state index is 0.110. The van der Waals surface area contributed by atoms with Crippen LogP contribution in [-0.2, 0) is 6.54 Å². The number of amides is 1. The highest BCUT2D eigenvalue weighted by atomic mass is 16.3. The second kappa shape index (κ2) is 8.13. The van der Waals surface area contributed by atoms with Crippen molar-refractivity contribution in [1.82, 2.24) is 9.80 Å². The van der Waals surface area contributed by atoms with Crippen LogP contribution < -0.4 is 0 Å². The van der Waals surface area contributed by atoms with E-state index < -0.39 is 0 Å². The molecule has 0 radical (unpaired) electrons. The molecule has 1 aliphatic rings. The van der Waals surface area contributed by atoms with Crippen LogP contribution in [0, 0.1) is 13.8 Å². The normalized spacial score (nSPS) is 15.4. The lowest BCUT2D eigenvalue weighted by Crippen LogP contribution is -2.48. The Balaban J connectivity index is 1.58. The molecule has 0 aromatic heterocycles. The maximum absolute atomic E-state index is 12.7. The molecule has 1 fully saturated rings. The zero-order valence-electron chi connectivity index (χ0n) is 16.8. The highest BCUT2D eigenvalue weighted by Crippen LogP contribution is 2.24. The van der Waals surface area contributed by atoms with Gasteiger partial charge in [-0.2, -0.15) is 0 Å². The fraction of sp³-hybridized carbons (Fsp3) is 0.435. The third-order valence-electron chi connectivity index (χ3n) is 5.57. The van der Waals surface area contributed by atoms with Crippen molar-refractivity contribution in [3.05, 3.63) is 64.2 Å². The first kappa shape index (κ1) is 19.4. The maximum atomic E-state index is 12.7. The van der Waals surface area contributed by atoms with Gasteiger partial charge in [0.1, 0.15) is 5.75 Å². The molecule has 2 aromatic rings. The van der Waals surface area contributed by atoms with Gasteiger partial charge < -0.3 is 10.0 Å². The van der Waals surface area contributed by atoms with Crippen LogP contribution in [0.2, 0.25) is 0 Å². The number of aromatic hydroxyl groups is 1. The van der Waals surface area contributed by atoms with Gasteiger partial charge in [-0.25, -0.2) is 0 Å². The highest BCUT2D eigenvalue weighted by molar-refractivity contribution is 5.94. The smallest absolute Gasteiger partial charge is 0.253 e. The largest absolute Gasteiger partial charge is 0.508 e. The number of phenols is 1. The molecule has 4 nitrogen and oxygen atoms in total. The number of phenolic OH excluding ortho intramolecular Hbond substituents is 1. The van der Waals surface area contributed by atoms with Crippen molar-refractivity contribution in [2.75, 3.05) is 26.2 Å². The molecule has 1 amide bonds. The zero-order chi connectivity index (χ0) is 19.6. The van der Waals surface area contributed by atoms with E-state index in [4.69, 9.17) is 0 Å². The number of nitrogens with zero attached hydrogens (tertiary/aromatic N) is 2. The summed E-state index contributed by atoms with van der Waals surface area (Å²) in [7, 11) is 0. The SMILES string of the molecule is Cc1cc(O)c(CN2CCN(C(=O)c3ccc(C(C)C)cc3)CC2)cc1C. The number of hydrogen-bond donors (Lipinski definition) is 1. The summed E-state index contributed by atoms with van der Waals surface area (Å²) in [6.45, 7) is 12.2. The van der Waals surface area contributed by atoms with Gasteiger partial charge in [0, 0.05) is 43.9 Å². The predicted molar refractivity (Wildman–Crippen MR) is 109 cm³/mol. The van der Waals surface area contributed by atoms with E-state index in [1.807, 2.05) is 30.0 Å². The molecule has 0 atom stereocenters. The zero-order valence-corrected chi connectivity index (χ0v) is 16.8. The third kappa shape index (κ3) is 4.51. The Hall–Kier alpha value is -2.33. The minimum Gasteiger partial charge on any atom is -0.508 e. The molecule has 1 aliphatic heterocycles. The van der Waals surface area contributed by atoms with Crippen molar-refractivity contribution in [2.45, 2.75) is 40.2 Å². The lowest BCUT2D eigenvalue weighted by Gasteiger charge is -2.35. The number of piperazine rings is 1. The fourth-order valence-electron chi connectivity index (χ4n) is 3.53. The second-order valence-electron chi connectivity index (χ2n) is 7.91. The number of aryl methyl sites for hydroxylation is 2. The van der Waals surface area contributed by atoms with E-state index in [9.17, 15) is 9.90 Å². The molecule has 1 heterocycles. The van der Waals surface area contributed by atoms with Crippen LogP contribution in [0.15, 0.2) is 36.4 Å². The molecule has 4 heteroatoms. The highest BCUT2D eigenvalue weighted by Gasteiger charge is 2.23. The number of carbonyl (C=O) groups excluding carboxylic acids is 1. The fourth-order valence-corrected chi connectivity index (χ4v) is 3.53. The van der Waals surface area contributed by atoms with Crippen LogP contribution in [0.5, 0.6) is 5.75 Å². The molecule has 144 valence electrons. The summed E-state index contributed by atoms with van der Waals surface area (Å²) in [6.07, 6.45) is 0. The van der Waals surface area contributed by atoms with Gasteiger partial charge in [-0.15, -0.1) is 0 Å². The summed E-state index contributed by atoms with van der Waals surface area (Å²) in [6, 6.07) is 11.9. The molecule has 0 bridgehead atoms. The van der Waals surface area contributed by atoms with Gasteiger partial charge in [0.2, 0.25) is 0 Å². The lowest BCUT2D eigenvalue weighted by atomic mass is 10.0. The standard InChI is InChI=1S/C23H30N2O2/c1-16(2)19-5-7-20(8-6-19)23(27)25-11-9-24(10-12-25)15-21-13-17(3)18(4)14-22(21)26/h5-8,13-14,16,26H,9-12,15H2,1-4H3. The maximum Gasteiger partial charge on any atom is 0.253 e. The van der Waals surface area contributed by atoms with Crippen LogP contribution in [0.1, 0.15) is 52.4 Å². The van der Waals surface area contributed by atoms with Crippen LogP contribution >= 0.6 is 0 Å². The topological polar surface area (TPSA) is 43.8 Å². The van der Waals surface area contributed by atoms with Crippen molar-refractivity contribution in [3.63, 3.8) is 0 Å². The van der Waals surface area contributed by atoms with Gasteiger partial charge in [0.15, 0.2) is 0 Å². The van der Waals surface area contributed by atoms with Crippen molar-refractivity contribution < 1.29 is 9.90 Å². The Bertz CT molecular complexity index is 804. The van der Waals surface area contributed by atoms with E-state index in [0.717, 1.165) is 49.4 Å². The molecule has 27 heavy (non-hydrogen) atoms. The van der Waals surface area contributed by atoms with Gasteiger partial charge in [0.25, 0.3) is 5.91 Å². The minimum absolute atomic E-state index is 0.110. The average Bonchev–Trinajstić information content (AvgIpc) is 2.66. The monoisotopic (exact) mass is 366 g/mol. The number of carbonyl (C=O) groups is 1. The summed E-state index contributed by atoms with van der Waals surface area (Å²) >= 11 is 0. The molecular formula is C23H30N2O2. The molecule has 1 N–H and O–H groups in total. The molecule has 0 spiro atoms. The Morgan fingerprint density at radius 2 is 1.59 bits per heavy atom. The van der Waals surface area contributed by atoms with Gasteiger partial charge in [-0.1, -0.05) is 32.0 Å². The Labute approximate surface area is 162 Å². The van der Waals surface area contributed by atoms with Crippen LogP contribution in [0.3, 0.4) is 0 Å². The van der Waals surface area contributed by atoms with E-state index in [1.54, 1.807) is 0 Å². The summed E-state index contributed by atoms with van der Waals surface area (Å²) in [4.78, 5) is 17.0. The van der Waals surface area contributed by atoms with E-state index in [-0.39, 0.29) is 5.91 Å². The second-order valence-corrected chi connectivity index (χ2v) is 7.91. The van der Waals surface area contributed by atoms with Crippen molar-refractivity contribution in [2.24, 2.45) is 0 Å². The van der Waals surface area contributed by atoms with Crippen LogP contribution in [0.4, 0.5) is 0 Å². The van der Waals surface area contributed by atoms with E-state index in [0.29, 0.717) is 11.7 Å². The van der Waals surface area contributed by atoms with Gasteiger partial charge in [-0.3, -0.25) is 9.69 Å². The Morgan fingerprint density at radius 3 is 2.19 bits per heavy atom. The van der Waals surface area contributed by atoms with Crippen molar-refractivity contribution in [1.29, 1.82) is 0 Å². The van der Waals surface area contributed by atoms with Gasteiger partial charge >= 0.3 is 0 Å². The molecule has 3 rings (SSSR count). The molecule has 0 unspecified atom stereocenters. The number of hydrogen-bond acceptors (Lipinski definition) is 3. The van der Waals surface area contributed by atoms with Crippen LogP contribution in [0.25, 0.3) is 0 Å². The van der Waals surface area contributed by atoms with E-state index in [2.05, 4.69) is 43.9 Å². The first-order valence-corrected chi connectivity index (χ1v) is 9.76. The van der Waals surface area contributed by atoms with E-state index >= 15 is 0 Å². The van der Waals surface area contributed by atoms with Crippen molar-refractivity contribution in [3.8, 4) is 5.75 Å². The summed E-state index contributed by atoms with van der Waals surface area (Å²) in [5.41, 5.74) is 5.28. The summed E-state index contributed by atoms with van der Waals surface area (Å²) in [5, 5.41) is 10.2. The number of rotatable bonds is 4. The lowest BCUT2D eigenvalue weighted by molar-refractivity contribution is 0.0627.